The van der Waals surface area contributed by atoms with Crippen molar-refractivity contribution in [2.45, 2.75) is 6.04 Å². The molecule has 7 heteroatoms. The van der Waals surface area contributed by atoms with E-state index in [-0.39, 0.29) is 17.4 Å². The Bertz CT molecular complexity index is 1170. The van der Waals surface area contributed by atoms with E-state index in [1.54, 1.807) is 18.2 Å². The van der Waals surface area contributed by atoms with Crippen molar-refractivity contribution in [1.29, 1.82) is 0 Å². The summed E-state index contributed by atoms with van der Waals surface area (Å²) in [5.74, 6) is -0.662. The first-order valence-electron chi connectivity index (χ1n) is 8.68. The van der Waals surface area contributed by atoms with Crippen LogP contribution in [0.4, 0.5) is 15.8 Å². The Morgan fingerprint density at radius 1 is 0.857 bits per heavy atom. The molecular formula is C21H17FN4O2. The van der Waals surface area contributed by atoms with E-state index in [1.807, 2.05) is 30.3 Å². The molecule has 0 unspecified atom stereocenters. The lowest BCUT2D eigenvalue weighted by atomic mass is 10.1. The highest BCUT2D eigenvalue weighted by molar-refractivity contribution is 5.97. The molecule has 1 aromatic heterocycles. The lowest BCUT2D eigenvalue weighted by Gasteiger charge is -2.20. The Balaban J connectivity index is 1.63. The Morgan fingerprint density at radius 2 is 1.54 bits per heavy atom. The van der Waals surface area contributed by atoms with Crippen LogP contribution in [0.15, 0.2) is 77.6 Å². The smallest absolute Gasteiger partial charge is 0.323 e. The highest BCUT2D eigenvalue weighted by Gasteiger charge is 2.21. The van der Waals surface area contributed by atoms with Gasteiger partial charge in [-0.25, -0.2) is 9.18 Å². The van der Waals surface area contributed by atoms with Gasteiger partial charge in [0.1, 0.15) is 11.9 Å². The van der Waals surface area contributed by atoms with Crippen LogP contribution < -0.4 is 16.3 Å². The maximum Gasteiger partial charge on any atom is 0.323 e. The molecule has 1 heterocycles. The van der Waals surface area contributed by atoms with Crippen LogP contribution in [0.1, 0.15) is 11.6 Å². The van der Waals surface area contributed by atoms with Crippen LogP contribution in [0, 0.1) is 5.82 Å². The molecule has 140 valence electrons. The number of hydrogen-bond acceptors (Lipinski definition) is 3. The van der Waals surface area contributed by atoms with E-state index in [4.69, 9.17) is 0 Å². The van der Waals surface area contributed by atoms with Crippen molar-refractivity contribution in [3.05, 3.63) is 94.7 Å². The van der Waals surface area contributed by atoms with Crippen molar-refractivity contribution < 1.29 is 9.18 Å². The molecule has 0 saturated carbocycles. The highest BCUT2D eigenvalue weighted by Crippen LogP contribution is 2.23. The third kappa shape index (κ3) is 3.78. The van der Waals surface area contributed by atoms with Gasteiger partial charge in [0.25, 0.3) is 5.91 Å². The zero-order valence-corrected chi connectivity index (χ0v) is 14.7. The number of rotatable bonds is 5. The Morgan fingerprint density at radius 3 is 2.29 bits per heavy atom. The first-order valence-corrected chi connectivity index (χ1v) is 8.68. The SMILES string of the molecule is O=C(Nc1ccc(F)cc1)[C@H](Nc1ccc2[nH]c(=O)[nH]c2c1)c1ccccc1. The van der Waals surface area contributed by atoms with E-state index < -0.39 is 6.04 Å². The number of hydrogen-bond donors (Lipinski definition) is 4. The van der Waals surface area contributed by atoms with E-state index in [2.05, 4.69) is 20.6 Å². The van der Waals surface area contributed by atoms with E-state index in [0.717, 1.165) is 5.56 Å². The van der Waals surface area contributed by atoms with Gasteiger partial charge in [-0.2, -0.15) is 0 Å². The molecule has 0 bridgehead atoms. The summed E-state index contributed by atoms with van der Waals surface area (Å²) in [6, 6.07) is 19.5. The third-order valence-electron chi connectivity index (χ3n) is 4.33. The second kappa shape index (κ2) is 7.40. The second-order valence-electron chi connectivity index (χ2n) is 6.32. The molecule has 4 aromatic rings. The minimum Gasteiger partial charge on any atom is -0.370 e. The monoisotopic (exact) mass is 376 g/mol. The van der Waals surface area contributed by atoms with Crippen LogP contribution in [0.5, 0.6) is 0 Å². The van der Waals surface area contributed by atoms with Crippen LogP contribution >= 0.6 is 0 Å². The summed E-state index contributed by atoms with van der Waals surface area (Å²) in [5, 5.41) is 6.00. The number of aromatic amines is 2. The second-order valence-corrected chi connectivity index (χ2v) is 6.32. The summed E-state index contributed by atoms with van der Waals surface area (Å²) >= 11 is 0. The van der Waals surface area contributed by atoms with Crippen LogP contribution in [-0.4, -0.2) is 15.9 Å². The molecule has 6 nitrogen and oxygen atoms in total. The molecule has 0 aliphatic rings. The summed E-state index contributed by atoms with van der Waals surface area (Å²) in [6.07, 6.45) is 0. The standard InChI is InChI=1S/C21H17FN4O2/c22-14-6-8-15(9-7-14)24-20(27)19(13-4-2-1-3-5-13)23-16-10-11-17-18(12-16)26-21(28)25-17/h1-12,19,23H,(H,24,27)(H2,25,26,28)/t19-/m1/s1. The van der Waals surface area contributed by atoms with E-state index in [0.29, 0.717) is 22.4 Å². The molecule has 1 amide bonds. The molecule has 0 fully saturated rings. The van der Waals surface area contributed by atoms with Crippen molar-refractivity contribution in [2.75, 3.05) is 10.6 Å². The molecule has 4 N–H and O–H groups in total. The topological polar surface area (TPSA) is 89.8 Å². The van der Waals surface area contributed by atoms with Crippen molar-refractivity contribution in [3.8, 4) is 0 Å². The van der Waals surface area contributed by atoms with Crippen molar-refractivity contribution in [3.63, 3.8) is 0 Å². The van der Waals surface area contributed by atoms with Gasteiger partial charge in [-0.1, -0.05) is 30.3 Å². The zero-order chi connectivity index (χ0) is 19.5. The first-order chi connectivity index (χ1) is 13.6. The quantitative estimate of drug-likeness (QED) is 0.427. The number of amides is 1. The largest absolute Gasteiger partial charge is 0.370 e. The van der Waals surface area contributed by atoms with Crippen molar-refractivity contribution in [1.82, 2.24) is 9.97 Å². The number of carbonyl (C=O) groups excluding carboxylic acids is 1. The van der Waals surface area contributed by atoms with Gasteiger partial charge in [0, 0.05) is 11.4 Å². The molecule has 0 radical (unpaired) electrons. The summed E-state index contributed by atoms with van der Waals surface area (Å²) in [6.45, 7) is 0. The van der Waals surface area contributed by atoms with Gasteiger partial charge in [0.15, 0.2) is 0 Å². The molecule has 4 rings (SSSR count). The maximum absolute atomic E-state index is 13.1. The number of imidazole rings is 1. The number of aromatic nitrogens is 2. The van der Waals surface area contributed by atoms with Crippen molar-refractivity contribution >= 4 is 28.3 Å². The molecule has 0 aliphatic carbocycles. The fourth-order valence-corrected chi connectivity index (χ4v) is 2.98. The molecule has 28 heavy (non-hydrogen) atoms. The minimum absolute atomic E-state index is 0.291. The summed E-state index contributed by atoms with van der Waals surface area (Å²) in [5.41, 5.74) is 2.97. The lowest BCUT2D eigenvalue weighted by Crippen LogP contribution is -2.27. The average Bonchev–Trinajstić information content (AvgIpc) is 3.07. The Hall–Kier alpha value is -3.87. The van der Waals surface area contributed by atoms with Gasteiger partial charge < -0.3 is 20.6 Å². The number of anilines is 2. The summed E-state index contributed by atoms with van der Waals surface area (Å²) < 4.78 is 13.1. The summed E-state index contributed by atoms with van der Waals surface area (Å²) in [4.78, 5) is 29.8. The number of nitrogens with one attached hydrogen (secondary N) is 4. The third-order valence-corrected chi connectivity index (χ3v) is 4.33. The van der Waals surface area contributed by atoms with E-state index in [9.17, 15) is 14.0 Å². The number of carbonyl (C=O) groups is 1. The molecule has 1 atom stereocenters. The van der Waals surface area contributed by atoms with Gasteiger partial charge in [0.2, 0.25) is 0 Å². The molecule has 0 saturated heterocycles. The Labute approximate surface area is 159 Å². The zero-order valence-electron chi connectivity index (χ0n) is 14.7. The molecule has 3 aromatic carbocycles. The predicted molar refractivity (Wildman–Crippen MR) is 107 cm³/mol. The molecule has 0 aliphatic heterocycles. The van der Waals surface area contributed by atoms with Gasteiger partial charge in [0.05, 0.1) is 11.0 Å². The van der Waals surface area contributed by atoms with Crippen LogP contribution in [0.25, 0.3) is 11.0 Å². The van der Waals surface area contributed by atoms with Gasteiger partial charge in [-0.05, 0) is 48.0 Å². The Kier molecular flexibility index (Phi) is 4.63. The predicted octanol–water partition coefficient (Wildman–Crippen LogP) is 3.79. The summed E-state index contributed by atoms with van der Waals surface area (Å²) in [7, 11) is 0. The normalized spacial score (nSPS) is 11.9. The maximum atomic E-state index is 13.1. The molecular weight excluding hydrogens is 359 g/mol. The fraction of sp³-hybridized carbons (Fsp3) is 0.0476. The van der Waals surface area contributed by atoms with Crippen LogP contribution in [0.3, 0.4) is 0 Å². The van der Waals surface area contributed by atoms with Crippen LogP contribution in [0.2, 0.25) is 0 Å². The first kappa shape index (κ1) is 17.5. The van der Waals surface area contributed by atoms with Crippen LogP contribution in [-0.2, 0) is 4.79 Å². The van der Waals surface area contributed by atoms with Gasteiger partial charge in [-0.15, -0.1) is 0 Å². The molecule has 0 spiro atoms. The minimum atomic E-state index is -0.686. The van der Waals surface area contributed by atoms with Gasteiger partial charge >= 0.3 is 5.69 Å². The number of H-pyrrole nitrogens is 2. The lowest BCUT2D eigenvalue weighted by molar-refractivity contribution is -0.117. The number of fused-ring (bicyclic) bond motifs is 1. The van der Waals surface area contributed by atoms with E-state index in [1.165, 1.54) is 24.3 Å². The highest BCUT2D eigenvalue weighted by atomic mass is 19.1. The fourth-order valence-electron chi connectivity index (χ4n) is 2.98. The van der Waals surface area contributed by atoms with Gasteiger partial charge in [-0.3, -0.25) is 4.79 Å². The number of benzene rings is 3. The number of halogens is 1. The average molecular weight is 376 g/mol. The van der Waals surface area contributed by atoms with E-state index >= 15 is 0 Å². The van der Waals surface area contributed by atoms with Crippen molar-refractivity contribution in [2.24, 2.45) is 0 Å².